The van der Waals surface area contributed by atoms with Crippen molar-refractivity contribution >= 4 is 37.3 Å². The van der Waals surface area contributed by atoms with E-state index in [2.05, 4.69) is 31.0 Å². The second kappa shape index (κ2) is 6.77. The molecule has 0 saturated carbocycles. The molecule has 2 aromatic rings. The number of sulfonamides is 1. The summed E-state index contributed by atoms with van der Waals surface area (Å²) >= 11 is 4.83. The third kappa shape index (κ3) is 4.10. The molecule has 0 saturated heterocycles. The van der Waals surface area contributed by atoms with Gasteiger partial charge in [0, 0.05) is 34.0 Å². The lowest BCUT2D eigenvalue weighted by Crippen LogP contribution is -2.23. The van der Waals surface area contributed by atoms with Crippen LogP contribution in [0, 0.1) is 0 Å². The molecule has 20 heavy (non-hydrogen) atoms. The highest BCUT2D eigenvalue weighted by Crippen LogP contribution is 2.20. The zero-order valence-corrected chi connectivity index (χ0v) is 14.0. The number of nitrogens with one attached hydrogen (secondary N) is 2. The Morgan fingerprint density at radius 2 is 2.15 bits per heavy atom. The molecule has 2 N–H and O–H groups in total. The van der Waals surface area contributed by atoms with E-state index in [1.165, 1.54) is 17.4 Å². The molecule has 0 radical (unpaired) electrons. The van der Waals surface area contributed by atoms with Gasteiger partial charge in [-0.05, 0) is 40.7 Å². The molecule has 0 spiro atoms. The summed E-state index contributed by atoms with van der Waals surface area (Å²) in [4.78, 5) is 4.93. The highest BCUT2D eigenvalue weighted by molar-refractivity contribution is 9.10. The van der Waals surface area contributed by atoms with Crippen molar-refractivity contribution in [2.24, 2.45) is 0 Å². The summed E-state index contributed by atoms with van der Waals surface area (Å²) in [6.45, 7) is 0.919. The molecule has 0 bridgehead atoms. The minimum atomic E-state index is -3.57. The summed E-state index contributed by atoms with van der Waals surface area (Å²) < 4.78 is 27.7. The summed E-state index contributed by atoms with van der Waals surface area (Å²) in [6.07, 6.45) is 1.56. The monoisotopic (exact) mass is 375 g/mol. The first kappa shape index (κ1) is 15.6. The van der Waals surface area contributed by atoms with Crippen molar-refractivity contribution in [2.45, 2.75) is 18.1 Å². The number of nitrogens with zero attached hydrogens (tertiary/aromatic N) is 1. The predicted octanol–water partition coefficient (Wildman–Crippen LogP) is 2.10. The molecule has 0 fully saturated rings. The average molecular weight is 376 g/mol. The van der Waals surface area contributed by atoms with Crippen LogP contribution in [0.25, 0.3) is 0 Å². The van der Waals surface area contributed by atoms with Crippen LogP contribution in [0.2, 0.25) is 0 Å². The van der Waals surface area contributed by atoms with Crippen LogP contribution in [0.15, 0.2) is 39.3 Å². The van der Waals surface area contributed by atoms with E-state index in [-0.39, 0.29) is 11.6 Å². The molecule has 108 valence electrons. The van der Waals surface area contributed by atoms with Gasteiger partial charge >= 0.3 is 0 Å². The Morgan fingerprint density at radius 3 is 2.70 bits per heavy atom. The van der Waals surface area contributed by atoms with Gasteiger partial charge in [0.1, 0.15) is 0 Å². The van der Waals surface area contributed by atoms with Crippen LogP contribution >= 0.6 is 27.3 Å². The number of halogens is 1. The van der Waals surface area contributed by atoms with E-state index >= 15 is 0 Å². The van der Waals surface area contributed by atoms with Gasteiger partial charge < -0.3 is 5.32 Å². The number of pyridine rings is 1. The third-order valence-electron chi connectivity index (χ3n) is 2.51. The van der Waals surface area contributed by atoms with Crippen LogP contribution in [0.3, 0.4) is 0 Å². The summed E-state index contributed by atoms with van der Waals surface area (Å²) in [5.74, 6) is 0. The summed E-state index contributed by atoms with van der Waals surface area (Å²) in [5, 5.41) is 4.93. The van der Waals surface area contributed by atoms with E-state index in [9.17, 15) is 8.42 Å². The van der Waals surface area contributed by atoms with Gasteiger partial charge in [0.25, 0.3) is 10.0 Å². The molecular formula is C12H14BrN3O2S2. The van der Waals surface area contributed by atoms with Crippen LogP contribution in [0.4, 0.5) is 0 Å². The van der Waals surface area contributed by atoms with Crippen molar-refractivity contribution in [2.75, 3.05) is 7.05 Å². The first-order valence-electron chi connectivity index (χ1n) is 5.83. The van der Waals surface area contributed by atoms with Crippen LogP contribution in [-0.2, 0) is 23.1 Å². The van der Waals surface area contributed by atoms with Gasteiger partial charge in [0.15, 0.2) is 5.03 Å². The van der Waals surface area contributed by atoms with Crippen molar-refractivity contribution in [3.63, 3.8) is 0 Å². The van der Waals surface area contributed by atoms with E-state index in [1.54, 1.807) is 12.3 Å². The van der Waals surface area contributed by atoms with Crippen LogP contribution in [-0.4, -0.2) is 20.4 Å². The largest absolute Gasteiger partial charge is 0.316 e. The van der Waals surface area contributed by atoms with Gasteiger partial charge in [-0.2, -0.15) is 0 Å². The van der Waals surface area contributed by atoms with Crippen molar-refractivity contribution in [3.05, 3.63) is 44.7 Å². The van der Waals surface area contributed by atoms with Crippen molar-refractivity contribution in [1.29, 1.82) is 0 Å². The van der Waals surface area contributed by atoms with E-state index in [4.69, 9.17) is 0 Å². The molecule has 0 aliphatic rings. The molecular weight excluding hydrogens is 362 g/mol. The smallest absolute Gasteiger partial charge is 0.258 e. The van der Waals surface area contributed by atoms with E-state index in [1.807, 2.05) is 18.5 Å². The molecule has 0 atom stereocenters. The molecule has 0 unspecified atom stereocenters. The Morgan fingerprint density at radius 1 is 1.35 bits per heavy atom. The maximum atomic E-state index is 12.1. The Hall–Kier alpha value is -0.800. The molecule has 2 heterocycles. The first-order valence-corrected chi connectivity index (χ1v) is 8.99. The molecule has 2 rings (SSSR count). The number of hydrogen-bond donors (Lipinski definition) is 2. The zero-order chi connectivity index (χ0) is 14.6. The quantitative estimate of drug-likeness (QED) is 0.810. The second-order valence-electron chi connectivity index (χ2n) is 4.09. The van der Waals surface area contributed by atoms with E-state index < -0.39 is 10.0 Å². The second-order valence-corrected chi connectivity index (χ2v) is 7.72. The number of rotatable bonds is 6. The highest BCUT2D eigenvalue weighted by Gasteiger charge is 2.15. The van der Waals surface area contributed by atoms with E-state index in [0.717, 1.165) is 14.9 Å². The van der Waals surface area contributed by atoms with Gasteiger partial charge in [-0.25, -0.2) is 18.1 Å². The lowest BCUT2D eigenvalue weighted by Gasteiger charge is -2.06. The molecule has 0 aliphatic carbocycles. The lowest BCUT2D eigenvalue weighted by atomic mass is 10.3. The molecule has 5 nitrogen and oxygen atoms in total. The topological polar surface area (TPSA) is 71.1 Å². The number of hydrogen-bond acceptors (Lipinski definition) is 5. The third-order valence-corrected chi connectivity index (χ3v) is 5.53. The van der Waals surface area contributed by atoms with Gasteiger partial charge in [-0.1, -0.05) is 6.07 Å². The fourth-order valence-corrected chi connectivity index (χ4v) is 3.98. The standard InChI is InChI=1S/C12H14BrN3O2S2/c1-14-5-9-2-3-12(15-6-9)20(17,18)16-7-11-4-10(13)8-19-11/h2-4,6,8,14,16H,5,7H2,1H3. The zero-order valence-electron chi connectivity index (χ0n) is 10.8. The highest BCUT2D eigenvalue weighted by atomic mass is 79.9. The van der Waals surface area contributed by atoms with Gasteiger partial charge in [-0.3, -0.25) is 0 Å². The lowest BCUT2D eigenvalue weighted by molar-refractivity contribution is 0.577. The van der Waals surface area contributed by atoms with E-state index in [0.29, 0.717) is 6.54 Å². The first-order chi connectivity index (χ1) is 9.51. The van der Waals surface area contributed by atoms with Gasteiger partial charge in [0.05, 0.1) is 0 Å². The number of thiophene rings is 1. The molecule has 0 aromatic carbocycles. The minimum absolute atomic E-state index is 0.0352. The Balaban J connectivity index is 2.05. The minimum Gasteiger partial charge on any atom is -0.316 e. The maximum Gasteiger partial charge on any atom is 0.258 e. The van der Waals surface area contributed by atoms with Gasteiger partial charge in [-0.15, -0.1) is 11.3 Å². The Labute approximate surface area is 130 Å². The van der Waals surface area contributed by atoms with Crippen LogP contribution in [0.5, 0.6) is 0 Å². The van der Waals surface area contributed by atoms with Crippen molar-refractivity contribution in [3.8, 4) is 0 Å². The SMILES string of the molecule is CNCc1ccc(S(=O)(=O)NCc2cc(Br)cs2)nc1. The van der Waals surface area contributed by atoms with Crippen LogP contribution < -0.4 is 10.0 Å². The van der Waals surface area contributed by atoms with Crippen molar-refractivity contribution in [1.82, 2.24) is 15.0 Å². The summed E-state index contributed by atoms with van der Waals surface area (Å²) in [7, 11) is -1.75. The van der Waals surface area contributed by atoms with Crippen LogP contribution in [0.1, 0.15) is 10.4 Å². The Bertz CT molecular complexity index is 668. The normalized spacial score (nSPS) is 11.7. The molecule has 2 aromatic heterocycles. The fourth-order valence-electron chi connectivity index (χ4n) is 1.57. The summed E-state index contributed by atoms with van der Waals surface area (Å²) in [6, 6.07) is 5.15. The average Bonchev–Trinajstić information content (AvgIpc) is 2.84. The van der Waals surface area contributed by atoms with Crippen molar-refractivity contribution < 1.29 is 8.42 Å². The number of aromatic nitrogens is 1. The Kier molecular flexibility index (Phi) is 5.28. The predicted molar refractivity (Wildman–Crippen MR) is 83.0 cm³/mol. The maximum absolute atomic E-state index is 12.1. The molecule has 0 amide bonds. The van der Waals surface area contributed by atoms with Gasteiger partial charge in [0.2, 0.25) is 0 Å². The molecule has 0 aliphatic heterocycles. The summed E-state index contributed by atoms with van der Waals surface area (Å²) in [5.41, 5.74) is 0.939. The fraction of sp³-hybridized carbons (Fsp3) is 0.250. The molecule has 8 heteroatoms.